The minimum absolute atomic E-state index is 0.102. The molecule has 0 saturated heterocycles. The van der Waals surface area contributed by atoms with Crippen molar-refractivity contribution in [1.29, 1.82) is 0 Å². The Morgan fingerprint density at radius 1 is 1.03 bits per heavy atom. The van der Waals surface area contributed by atoms with Crippen molar-refractivity contribution in [2.24, 2.45) is 0 Å². The van der Waals surface area contributed by atoms with Crippen molar-refractivity contribution in [2.75, 3.05) is 18.4 Å². The molecule has 2 aromatic carbocycles. The third-order valence-corrected chi connectivity index (χ3v) is 5.74. The fourth-order valence-electron chi connectivity index (χ4n) is 2.82. The summed E-state index contributed by atoms with van der Waals surface area (Å²) in [6.45, 7) is 6.12. The largest absolute Gasteiger partial charge is 0.496 e. The average Bonchev–Trinajstić information content (AvgIpc) is 2.73. The molecule has 0 saturated carbocycles. The van der Waals surface area contributed by atoms with Crippen LogP contribution in [0, 0.1) is 0 Å². The van der Waals surface area contributed by atoms with Crippen molar-refractivity contribution in [3.05, 3.63) is 53.6 Å². The van der Waals surface area contributed by atoms with Crippen LogP contribution in [-0.2, 0) is 10.0 Å². The number of carbonyl (C=O) groups excluding carboxylic acids is 2. The molecular weight excluding hydrogens is 418 g/mol. The molecule has 0 bridgehead atoms. The molecular formula is C22H29N3O5S. The molecule has 2 aromatic rings. The van der Waals surface area contributed by atoms with E-state index >= 15 is 0 Å². The summed E-state index contributed by atoms with van der Waals surface area (Å²) in [4.78, 5) is 24.8. The summed E-state index contributed by atoms with van der Waals surface area (Å²) >= 11 is 0. The van der Waals surface area contributed by atoms with E-state index in [9.17, 15) is 18.0 Å². The van der Waals surface area contributed by atoms with Crippen LogP contribution in [0.15, 0.2) is 47.4 Å². The van der Waals surface area contributed by atoms with Gasteiger partial charge in [0.1, 0.15) is 5.75 Å². The van der Waals surface area contributed by atoms with Gasteiger partial charge in [0.05, 0.1) is 28.8 Å². The van der Waals surface area contributed by atoms with Crippen LogP contribution in [-0.4, -0.2) is 39.9 Å². The third-order valence-electron chi connectivity index (χ3n) is 4.38. The highest BCUT2D eigenvalue weighted by atomic mass is 32.2. The summed E-state index contributed by atoms with van der Waals surface area (Å²) in [5.74, 6) is -0.550. The van der Waals surface area contributed by atoms with Gasteiger partial charge in [-0.1, -0.05) is 25.5 Å². The number of nitrogens with one attached hydrogen (secondary N) is 3. The number of hydrogen-bond donors (Lipinski definition) is 3. The minimum atomic E-state index is -4.07. The van der Waals surface area contributed by atoms with Crippen LogP contribution in [0.5, 0.6) is 5.75 Å². The highest BCUT2D eigenvalue weighted by molar-refractivity contribution is 7.92. The van der Waals surface area contributed by atoms with Gasteiger partial charge in [0.2, 0.25) is 0 Å². The Morgan fingerprint density at radius 2 is 1.74 bits per heavy atom. The number of hydrogen-bond acceptors (Lipinski definition) is 5. The normalized spacial score (nSPS) is 11.1. The predicted molar refractivity (Wildman–Crippen MR) is 120 cm³/mol. The molecule has 0 heterocycles. The van der Waals surface area contributed by atoms with E-state index in [4.69, 9.17) is 4.74 Å². The number of unbranched alkanes of at least 4 members (excludes halogenated alkanes) is 1. The smallest absolute Gasteiger partial charge is 0.261 e. The number of ether oxygens (including phenoxy) is 1. The number of sulfonamides is 1. The van der Waals surface area contributed by atoms with Gasteiger partial charge >= 0.3 is 0 Å². The first-order chi connectivity index (χ1) is 14.7. The number of methoxy groups -OCH3 is 1. The zero-order valence-corrected chi connectivity index (χ0v) is 19.0. The van der Waals surface area contributed by atoms with Gasteiger partial charge < -0.3 is 15.4 Å². The molecule has 0 unspecified atom stereocenters. The second-order valence-corrected chi connectivity index (χ2v) is 8.93. The van der Waals surface area contributed by atoms with Gasteiger partial charge in [-0.15, -0.1) is 0 Å². The fraction of sp³-hybridized carbons (Fsp3) is 0.364. The van der Waals surface area contributed by atoms with Crippen molar-refractivity contribution >= 4 is 27.5 Å². The predicted octanol–water partition coefficient (Wildman–Crippen LogP) is 3.16. The van der Waals surface area contributed by atoms with Crippen LogP contribution in [0.3, 0.4) is 0 Å². The van der Waals surface area contributed by atoms with Crippen LogP contribution in [0.2, 0.25) is 0 Å². The Balaban J connectivity index is 2.35. The summed E-state index contributed by atoms with van der Waals surface area (Å²) in [5.41, 5.74) is 0.471. The maximum absolute atomic E-state index is 13.0. The molecule has 2 amide bonds. The Morgan fingerprint density at radius 3 is 2.39 bits per heavy atom. The Labute approximate surface area is 183 Å². The number of amides is 2. The first kappa shape index (κ1) is 24.2. The Hall–Kier alpha value is -3.07. The summed E-state index contributed by atoms with van der Waals surface area (Å²) < 4.78 is 33.7. The molecule has 168 valence electrons. The van der Waals surface area contributed by atoms with Crippen LogP contribution in [0.25, 0.3) is 0 Å². The van der Waals surface area contributed by atoms with Gasteiger partial charge in [-0.3, -0.25) is 14.3 Å². The van der Waals surface area contributed by atoms with Crippen molar-refractivity contribution in [2.45, 2.75) is 44.6 Å². The van der Waals surface area contributed by atoms with Crippen molar-refractivity contribution in [3.63, 3.8) is 0 Å². The number of anilines is 1. The lowest BCUT2D eigenvalue weighted by Gasteiger charge is -2.15. The van der Waals surface area contributed by atoms with Gasteiger partial charge in [0.25, 0.3) is 21.8 Å². The minimum Gasteiger partial charge on any atom is -0.496 e. The SMILES string of the molecule is CCCCNC(=O)c1ccccc1NS(=O)(=O)c1ccc(OC)c(C(=O)NC(C)C)c1. The highest BCUT2D eigenvalue weighted by Crippen LogP contribution is 2.25. The average molecular weight is 448 g/mol. The fourth-order valence-corrected chi connectivity index (χ4v) is 3.92. The number of para-hydroxylation sites is 1. The van der Waals surface area contributed by atoms with E-state index in [2.05, 4.69) is 15.4 Å². The number of benzene rings is 2. The van der Waals surface area contributed by atoms with Crippen molar-refractivity contribution < 1.29 is 22.7 Å². The van der Waals surface area contributed by atoms with E-state index in [-0.39, 0.29) is 39.4 Å². The third kappa shape index (κ3) is 6.45. The van der Waals surface area contributed by atoms with Gasteiger partial charge in [0.15, 0.2) is 0 Å². The molecule has 0 fully saturated rings. The van der Waals surface area contributed by atoms with Crippen LogP contribution in [0.1, 0.15) is 54.3 Å². The molecule has 9 heteroatoms. The molecule has 31 heavy (non-hydrogen) atoms. The lowest BCUT2D eigenvalue weighted by atomic mass is 10.1. The van der Waals surface area contributed by atoms with Crippen LogP contribution in [0.4, 0.5) is 5.69 Å². The Kier molecular flexibility index (Phi) is 8.44. The van der Waals surface area contributed by atoms with Crippen molar-refractivity contribution in [1.82, 2.24) is 10.6 Å². The summed E-state index contributed by atoms with van der Waals surface area (Å²) in [6, 6.07) is 10.3. The number of rotatable bonds is 10. The van der Waals surface area contributed by atoms with Gasteiger partial charge in [-0.2, -0.15) is 0 Å². The van der Waals surface area contributed by atoms with Crippen molar-refractivity contribution in [3.8, 4) is 5.75 Å². The molecule has 0 aliphatic rings. The summed E-state index contributed by atoms with van der Waals surface area (Å²) in [6.07, 6.45) is 1.76. The lowest BCUT2D eigenvalue weighted by Crippen LogP contribution is -2.30. The molecule has 8 nitrogen and oxygen atoms in total. The van der Waals surface area contributed by atoms with E-state index in [0.717, 1.165) is 12.8 Å². The van der Waals surface area contributed by atoms with Gasteiger partial charge in [0, 0.05) is 12.6 Å². The second kappa shape index (κ2) is 10.8. The monoisotopic (exact) mass is 447 g/mol. The first-order valence-corrected chi connectivity index (χ1v) is 11.6. The standard InChI is InChI=1S/C22H29N3O5S/c1-5-6-13-23-21(26)17-9-7-8-10-19(17)25-31(28,29)16-11-12-20(30-4)18(14-16)22(27)24-15(2)3/h7-12,14-15,25H,5-6,13H2,1-4H3,(H,23,26)(H,24,27). The first-order valence-electron chi connectivity index (χ1n) is 10.1. The second-order valence-electron chi connectivity index (χ2n) is 7.25. The molecule has 0 aromatic heterocycles. The molecule has 0 aliphatic carbocycles. The van der Waals surface area contributed by atoms with Gasteiger partial charge in [-0.25, -0.2) is 8.42 Å². The topological polar surface area (TPSA) is 114 Å². The van der Waals surface area contributed by atoms with E-state index in [1.807, 2.05) is 6.92 Å². The van der Waals surface area contributed by atoms with Gasteiger partial charge in [-0.05, 0) is 50.6 Å². The maximum atomic E-state index is 13.0. The van der Waals surface area contributed by atoms with E-state index in [1.54, 1.807) is 32.0 Å². The number of carbonyl (C=O) groups is 2. The molecule has 0 atom stereocenters. The van der Waals surface area contributed by atoms with E-state index < -0.39 is 15.9 Å². The molecule has 0 aliphatic heterocycles. The molecule has 0 radical (unpaired) electrons. The summed E-state index contributed by atoms with van der Waals surface area (Å²) in [5, 5.41) is 5.50. The molecule has 2 rings (SSSR count). The lowest BCUT2D eigenvalue weighted by molar-refractivity contribution is 0.0936. The highest BCUT2D eigenvalue weighted by Gasteiger charge is 2.22. The quantitative estimate of drug-likeness (QED) is 0.484. The van der Waals surface area contributed by atoms with E-state index in [0.29, 0.717) is 6.54 Å². The summed E-state index contributed by atoms with van der Waals surface area (Å²) in [7, 11) is -2.67. The van der Waals surface area contributed by atoms with E-state index in [1.165, 1.54) is 31.4 Å². The molecule has 3 N–H and O–H groups in total. The zero-order chi connectivity index (χ0) is 23.0. The molecule has 0 spiro atoms. The Bertz CT molecular complexity index is 1040. The zero-order valence-electron chi connectivity index (χ0n) is 18.2. The van der Waals surface area contributed by atoms with Crippen LogP contribution < -0.4 is 20.1 Å². The van der Waals surface area contributed by atoms with Crippen LogP contribution >= 0.6 is 0 Å². The maximum Gasteiger partial charge on any atom is 0.261 e.